The quantitative estimate of drug-likeness (QED) is 0.598. The summed E-state index contributed by atoms with van der Waals surface area (Å²) in [6.45, 7) is 6.15. The molecule has 0 amide bonds. The molecule has 0 fully saturated rings. The Kier molecular flexibility index (Phi) is 3.79. The average Bonchev–Trinajstić information content (AvgIpc) is 2.60. The van der Waals surface area contributed by atoms with E-state index in [9.17, 15) is 0 Å². The van der Waals surface area contributed by atoms with Gasteiger partial charge in [-0.25, -0.2) is 6.07 Å². The zero-order valence-electron chi connectivity index (χ0n) is 9.10. The number of aryl methyl sites for hydroxylation is 3. The summed E-state index contributed by atoms with van der Waals surface area (Å²) >= 11 is 1.44. The summed E-state index contributed by atoms with van der Waals surface area (Å²) in [5.74, 6) is 0. The Morgan fingerprint density at radius 3 is 2.33 bits per heavy atom. The number of hydrogen-bond acceptors (Lipinski definition) is 3. The predicted molar refractivity (Wildman–Crippen MR) is 57.4 cm³/mol. The molecule has 0 unspecified atom stereocenters. The first-order valence-corrected chi connectivity index (χ1v) is 5.23. The molecule has 81 valence electrons. The molecule has 0 saturated heterocycles. The number of rotatable bonds is 1. The van der Waals surface area contributed by atoms with Crippen LogP contribution in [-0.2, 0) is 26.5 Å². The summed E-state index contributed by atoms with van der Waals surface area (Å²) < 4.78 is 6.06. The van der Waals surface area contributed by atoms with Crippen molar-refractivity contribution in [2.75, 3.05) is 0 Å². The molecule has 5 heteroatoms. The van der Waals surface area contributed by atoms with E-state index in [0.29, 0.717) is 0 Å². The van der Waals surface area contributed by atoms with Crippen molar-refractivity contribution < 1.29 is 19.5 Å². The van der Waals surface area contributed by atoms with Crippen LogP contribution in [-0.4, -0.2) is 14.2 Å². The number of aromatic nitrogens is 3. The summed E-state index contributed by atoms with van der Waals surface area (Å²) in [4.78, 5) is 1.16. The molecule has 3 nitrogen and oxygen atoms in total. The summed E-state index contributed by atoms with van der Waals surface area (Å²) in [6, 6.07) is 3.29. The molecule has 2 aromatic rings. The largest absolute Gasteiger partial charge is 1.00 e. The molecule has 0 atom stereocenters. The third-order valence-corrected chi connectivity index (χ3v) is 3.07. The number of hydrogen-bond donors (Lipinski definition) is 0. The molecule has 0 bridgehead atoms. The van der Waals surface area contributed by atoms with Crippen LogP contribution in [0.1, 0.15) is 16.1 Å². The topological polar surface area (TPSA) is 30.7 Å². The van der Waals surface area contributed by atoms with Crippen molar-refractivity contribution >= 4 is 11.5 Å². The smallest absolute Gasteiger partial charge is 0.439 e. The third-order valence-electron chi connectivity index (χ3n) is 2.44. The van der Waals surface area contributed by atoms with E-state index in [1.807, 2.05) is 20.9 Å². The van der Waals surface area contributed by atoms with E-state index in [1.165, 1.54) is 11.5 Å². The molecule has 0 spiro atoms. The van der Waals surface area contributed by atoms with Gasteiger partial charge in [-0.1, -0.05) is 22.8 Å². The minimum Gasteiger partial charge on any atom is -0.439 e. The molecule has 0 N–H and O–H groups in total. The van der Waals surface area contributed by atoms with Crippen LogP contribution in [0, 0.1) is 26.8 Å². The van der Waals surface area contributed by atoms with E-state index in [1.54, 1.807) is 0 Å². The van der Waals surface area contributed by atoms with Crippen molar-refractivity contribution in [3.8, 4) is 11.4 Å². The first kappa shape index (κ1) is 12.5. The normalized spacial score (nSPS) is 10.1. The van der Waals surface area contributed by atoms with Gasteiger partial charge in [0.1, 0.15) is 0 Å². The van der Waals surface area contributed by atoms with Crippen molar-refractivity contribution in [1.29, 1.82) is 0 Å². The summed E-state index contributed by atoms with van der Waals surface area (Å²) in [5.41, 5.74) is 4.39. The van der Waals surface area contributed by atoms with Crippen LogP contribution in [0.4, 0.5) is 0 Å². The fourth-order valence-corrected chi connectivity index (χ4v) is 2.09. The van der Waals surface area contributed by atoms with Gasteiger partial charge in [-0.2, -0.15) is 10.7 Å². The van der Waals surface area contributed by atoms with E-state index in [-0.39, 0.29) is 19.5 Å². The van der Waals surface area contributed by atoms with Crippen LogP contribution < -0.4 is 0 Å². The Hall–Kier alpha value is -0.537. The van der Waals surface area contributed by atoms with Crippen LogP contribution >= 0.6 is 11.5 Å². The molecule has 0 aliphatic heterocycles. The number of nitrogens with zero attached hydrogens (tertiary/aromatic N) is 3. The van der Waals surface area contributed by atoms with Gasteiger partial charge in [-0.05, 0) is 32.4 Å². The van der Waals surface area contributed by atoms with Crippen molar-refractivity contribution in [1.82, 2.24) is 14.2 Å². The fourth-order valence-electron chi connectivity index (χ4n) is 1.62. The molecule has 1 radical (unpaired) electrons. The summed E-state index contributed by atoms with van der Waals surface area (Å²) in [6.07, 6.45) is 0. The SMILES string of the molecule is Cc1[c-]c(C)n(C)c1-c1nnsc1C.[Ru+]. The zero-order valence-corrected chi connectivity index (χ0v) is 11.7. The molecule has 2 rings (SSSR count). The monoisotopic (exact) mass is 308 g/mol. The summed E-state index contributed by atoms with van der Waals surface area (Å²) in [5, 5.41) is 4.15. The third kappa shape index (κ3) is 2.04. The molecule has 2 aromatic heterocycles. The van der Waals surface area contributed by atoms with Crippen molar-refractivity contribution in [2.24, 2.45) is 7.05 Å². The second-order valence-electron chi connectivity index (χ2n) is 3.42. The molecular formula is C10H12N3RuS. The Labute approximate surface area is 106 Å². The maximum Gasteiger partial charge on any atom is 1.00 e. The molecular weight excluding hydrogens is 295 g/mol. The Bertz CT molecular complexity index is 473. The van der Waals surface area contributed by atoms with Gasteiger partial charge < -0.3 is 4.57 Å². The fraction of sp³-hybridized carbons (Fsp3) is 0.400. The molecule has 0 aromatic carbocycles. The van der Waals surface area contributed by atoms with Crippen molar-refractivity contribution in [3.05, 3.63) is 22.2 Å². The van der Waals surface area contributed by atoms with Gasteiger partial charge in [0, 0.05) is 10.6 Å². The molecule has 0 saturated carbocycles. The minimum atomic E-state index is 0. The predicted octanol–water partition coefficient (Wildman–Crippen LogP) is 2.27. The van der Waals surface area contributed by atoms with Gasteiger partial charge in [0.15, 0.2) is 0 Å². The van der Waals surface area contributed by atoms with Crippen LogP contribution in [0.15, 0.2) is 0 Å². The van der Waals surface area contributed by atoms with Crippen LogP contribution in [0.25, 0.3) is 11.4 Å². The van der Waals surface area contributed by atoms with Gasteiger partial charge in [0.25, 0.3) is 0 Å². The Morgan fingerprint density at radius 2 is 1.93 bits per heavy atom. The van der Waals surface area contributed by atoms with Crippen molar-refractivity contribution in [3.63, 3.8) is 0 Å². The van der Waals surface area contributed by atoms with E-state index >= 15 is 0 Å². The van der Waals surface area contributed by atoms with Gasteiger partial charge in [-0.15, -0.1) is 0 Å². The summed E-state index contributed by atoms with van der Waals surface area (Å²) in [7, 11) is 2.03. The van der Waals surface area contributed by atoms with Crippen LogP contribution in [0.3, 0.4) is 0 Å². The standard InChI is InChI=1S/C10H12N3S.Ru/c1-6-5-7(2)13(4)10(6)9-8(3)14-12-11-9;/h1-4H3;/q-1;+1. The zero-order chi connectivity index (χ0) is 10.3. The van der Waals surface area contributed by atoms with Gasteiger partial charge in [0.2, 0.25) is 0 Å². The average molecular weight is 307 g/mol. The van der Waals surface area contributed by atoms with Gasteiger partial charge >= 0.3 is 19.5 Å². The van der Waals surface area contributed by atoms with Gasteiger partial charge in [0.05, 0.1) is 0 Å². The first-order valence-electron chi connectivity index (χ1n) is 4.45. The minimum absolute atomic E-state index is 0. The first-order chi connectivity index (χ1) is 6.61. The second-order valence-corrected chi connectivity index (χ2v) is 4.38. The van der Waals surface area contributed by atoms with Gasteiger partial charge in [-0.3, -0.25) is 0 Å². The molecule has 15 heavy (non-hydrogen) atoms. The van der Waals surface area contributed by atoms with Crippen molar-refractivity contribution in [2.45, 2.75) is 20.8 Å². The second kappa shape index (κ2) is 4.54. The van der Waals surface area contributed by atoms with E-state index in [0.717, 1.165) is 27.5 Å². The Balaban J connectivity index is 0.00000112. The van der Waals surface area contributed by atoms with E-state index in [4.69, 9.17) is 0 Å². The maximum atomic E-state index is 4.15. The molecule has 2 heterocycles. The molecule has 0 aliphatic rings. The Morgan fingerprint density at radius 1 is 1.27 bits per heavy atom. The van der Waals surface area contributed by atoms with E-state index in [2.05, 4.69) is 27.1 Å². The van der Waals surface area contributed by atoms with Crippen LogP contribution in [0.5, 0.6) is 0 Å². The van der Waals surface area contributed by atoms with Crippen LogP contribution in [0.2, 0.25) is 0 Å². The van der Waals surface area contributed by atoms with E-state index < -0.39 is 0 Å². The molecule has 0 aliphatic carbocycles. The maximum absolute atomic E-state index is 4.15.